The molecular weight excluding hydrogens is 468 g/mol. The van der Waals surface area contributed by atoms with Crippen molar-refractivity contribution < 1.29 is 30.0 Å². The first kappa shape index (κ1) is 22.3. The number of anilines is 1. The van der Waals surface area contributed by atoms with Gasteiger partial charge in [-0.1, -0.05) is 23.2 Å². The molecular formula is C13H9Cl2F3N4O4S2. The lowest BCUT2D eigenvalue weighted by atomic mass is 10.2. The lowest BCUT2D eigenvalue weighted by Crippen LogP contribution is -2.36. The second-order valence-electron chi connectivity index (χ2n) is 5.42. The Morgan fingerprint density at radius 2 is 1.54 bits per heavy atom. The fraction of sp³-hybridized carbons (Fsp3) is 0.231. The first-order valence-electron chi connectivity index (χ1n) is 6.84. The van der Waals surface area contributed by atoms with Gasteiger partial charge in [-0.25, -0.2) is 21.5 Å². The first-order chi connectivity index (χ1) is 12.6. The highest BCUT2D eigenvalue weighted by molar-refractivity contribution is 8.09. The van der Waals surface area contributed by atoms with E-state index in [1.165, 1.54) is 0 Å². The van der Waals surface area contributed by atoms with Crippen LogP contribution in [0.4, 0.5) is 19.0 Å². The molecule has 28 heavy (non-hydrogen) atoms. The van der Waals surface area contributed by atoms with Gasteiger partial charge in [-0.15, -0.1) is 3.71 Å². The predicted molar refractivity (Wildman–Crippen MR) is 95.5 cm³/mol. The molecule has 0 bridgehead atoms. The summed E-state index contributed by atoms with van der Waals surface area (Å²) in [5.74, 6) is -0.676. The van der Waals surface area contributed by atoms with Gasteiger partial charge in [0.2, 0.25) is 20.0 Å². The van der Waals surface area contributed by atoms with E-state index in [0.29, 0.717) is 29.3 Å². The Kier molecular flexibility index (Phi) is 5.65. The highest BCUT2D eigenvalue weighted by atomic mass is 35.5. The number of benzene rings is 1. The molecule has 0 saturated heterocycles. The van der Waals surface area contributed by atoms with E-state index in [4.69, 9.17) is 28.5 Å². The maximum absolute atomic E-state index is 12.9. The van der Waals surface area contributed by atoms with Crippen molar-refractivity contribution in [3.63, 3.8) is 0 Å². The van der Waals surface area contributed by atoms with E-state index in [-0.39, 0.29) is 3.71 Å². The van der Waals surface area contributed by atoms with Crippen molar-refractivity contribution in [2.75, 3.05) is 16.2 Å². The number of nitriles is 1. The Hall–Kier alpha value is -2.01. The summed E-state index contributed by atoms with van der Waals surface area (Å²) in [6.07, 6.45) is -3.62. The molecule has 0 N–H and O–H groups in total. The van der Waals surface area contributed by atoms with Crippen molar-refractivity contribution in [2.45, 2.75) is 6.18 Å². The minimum absolute atomic E-state index is 0.0435. The van der Waals surface area contributed by atoms with Gasteiger partial charge < -0.3 is 0 Å². The molecule has 2 rings (SSSR count). The van der Waals surface area contributed by atoms with Crippen LogP contribution in [0.3, 0.4) is 0 Å². The van der Waals surface area contributed by atoms with E-state index >= 15 is 0 Å². The Labute approximate surface area is 167 Å². The molecule has 0 aliphatic carbocycles. The van der Waals surface area contributed by atoms with Gasteiger partial charge in [0.25, 0.3) is 0 Å². The van der Waals surface area contributed by atoms with E-state index in [2.05, 4.69) is 5.10 Å². The number of aromatic nitrogens is 2. The van der Waals surface area contributed by atoms with Gasteiger partial charge in [0.1, 0.15) is 11.8 Å². The van der Waals surface area contributed by atoms with Gasteiger partial charge >= 0.3 is 6.18 Å². The molecule has 8 nitrogen and oxygen atoms in total. The molecule has 15 heteroatoms. The maximum atomic E-state index is 12.9. The molecule has 1 heterocycles. The Bertz CT molecular complexity index is 1150. The molecule has 0 unspecified atom stereocenters. The van der Waals surface area contributed by atoms with Gasteiger partial charge in [0, 0.05) is 6.07 Å². The average molecular weight is 477 g/mol. The number of hydrogen-bond acceptors (Lipinski definition) is 6. The van der Waals surface area contributed by atoms with Crippen LogP contribution in [0.15, 0.2) is 18.2 Å². The molecule has 1 aromatic carbocycles. The first-order valence-corrected chi connectivity index (χ1v) is 11.3. The molecule has 0 amide bonds. The molecule has 0 spiro atoms. The summed E-state index contributed by atoms with van der Waals surface area (Å²) in [4.78, 5) is 0. The number of halogens is 5. The second kappa shape index (κ2) is 7.11. The fourth-order valence-electron chi connectivity index (χ4n) is 2.24. The van der Waals surface area contributed by atoms with Crippen LogP contribution in [-0.4, -0.2) is 39.1 Å². The third kappa shape index (κ3) is 4.35. The van der Waals surface area contributed by atoms with Crippen molar-refractivity contribution in [3.8, 4) is 11.8 Å². The van der Waals surface area contributed by atoms with E-state index < -0.39 is 59.0 Å². The van der Waals surface area contributed by atoms with Crippen molar-refractivity contribution in [1.82, 2.24) is 9.78 Å². The van der Waals surface area contributed by atoms with Crippen LogP contribution in [0, 0.1) is 11.3 Å². The molecule has 1 aromatic heterocycles. The summed E-state index contributed by atoms with van der Waals surface area (Å²) < 4.78 is 87.4. The predicted octanol–water partition coefficient (Wildman–Crippen LogP) is 2.80. The SMILES string of the molecule is CS(=O)(=O)N(c1cc(C#N)nn1-c1c(Cl)cc(C(F)(F)F)cc1Cl)S(C)(=O)=O. The zero-order valence-electron chi connectivity index (χ0n) is 13.9. The molecule has 0 atom stereocenters. The molecule has 0 aliphatic rings. The van der Waals surface area contributed by atoms with Crippen LogP contribution < -0.4 is 3.71 Å². The van der Waals surface area contributed by atoms with E-state index in [1.54, 1.807) is 6.07 Å². The van der Waals surface area contributed by atoms with Crippen molar-refractivity contribution in [2.24, 2.45) is 0 Å². The summed E-state index contributed by atoms with van der Waals surface area (Å²) in [5.41, 5.74) is -2.06. The number of nitrogens with zero attached hydrogens (tertiary/aromatic N) is 4. The normalized spacial score (nSPS) is 12.6. The molecule has 2 aromatic rings. The number of rotatable bonds is 4. The van der Waals surface area contributed by atoms with Crippen molar-refractivity contribution in [3.05, 3.63) is 39.5 Å². The molecule has 152 valence electrons. The quantitative estimate of drug-likeness (QED) is 0.670. The smallest absolute Gasteiger partial charge is 0.211 e. The Balaban J connectivity index is 2.90. The van der Waals surface area contributed by atoms with Crippen LogP contribution >= 0.6 is 23.2 Å². The lowest BCUT2D eigenvalue weighted by Gasteiger charge is -2.21. The largest absolute Gasteiger partial charge is 0.416 e. The lowest BCUT2D eigenvalue weighted by molar-refractivity contribution is -0.137. The van der Waals surface area contributed by atoms with Crippen LogP contribution in [-0.2, 0) is 26.2 Å². The van der Waals surface area contributed by atoms with Crippen LogP contribution in [0.2, 0.25) is 10.0 Å². The summed E-state index contributed by atoms with van der Waals surface area (Å²) in [6, 6.07) is 3.40. The van der Waals surface area contributed by atoms with Gasteiger partial charge in [0.05, 0.1) is 28.1 Å². The van der Waals surface area contributed by atoms with Crippen molar-refractivity contribution in [1.29, 1.82) is 5.26 Å². The Morgan fingerprint density at radius 3 is 1.89 bits per heavy atom. The average Bonchev–Trinajstić information content (AvgIpc) is 2.85. The van der Waals surface area contributed by atoms with Gasteiger partial charge in [-0.2, -0.15) is 23.5 Å². The molecule has 0 radical (unpaired) electrons. The number of sulfonamides is 2. The number of alkyl halides is 3. The van der Waals surface area contributed by atoms with Crippen LogP contribution in [0.1, 0.15) is 11.3 Å². The van der Waals surface area contributed by atoms with Crippen molar-refractivity contribution >= 4 is 49.1 Å². The Morgan fingerprint density at radius 1 is 1.07 bits per heavy atom. The summed E-state index contributed by atoms with van der Waals surface area (Å²) in [6.45, 7) is 0. The fourth-order valence-corrected chi connectivity index (χ4v) is 5.79. The molecule has 0 aliphatic heterocycles. The number of hydrogen-bond donors (Lipinski definition) is 0. The van der Waals surface area contributed by atoms with Crippen LogP contribution in [0.25, 0.3) is 5.69 Å². The summed E-state index contributed by atoms with van der Waals surface area (Å²) in [5, 5.41) is 11.5. The minimum atomic E-state index is -4.78. The monoisotopic (exact) mass is 476 g/mol. The molecule has 0 fully saturated rings. The summed E-state index contributed by atoms with van der Waals surface area (Å²) >= 11 is 11.8. The minimum Gasteiger partial charge on any atom is -0.211 e. The second-order valence-corrected chi connectivity index (χ2v) is 10.1. The van der Waals surface area contributed by atoms with Crippen LogP contribution in [0.5, 0.6) is 0 Å². The van der Waals surface area contributed by atoms with E-state index in [9.17, 15) is 30.0 Å². The summed E-state index contributed by atoms with van der Waals surface area (Å²) in [7, 11) is -8.90. The van der Waals surface area contributed by atoms with Gasteiger partial charge in [-0.3, -0.25) is 0 Å². The van der Waals surface area contributed by atoms with E-state index in [1.807, 2.05) is 0 Å². The molecule has 0 saturated carbocycles. The maximum Gasteiger partial charge on any atom is 0.416 e. The van der Waals surface area contributed by atoms with Gasteiger partial charge in [0.15, 0.2) is 11.5 Å². The third-order valence-corrected chi connectivity index (χ3v) is 6.93. The zero-order chi connectivity index (χ0) is 21.7. The van der Waals surface area contributed by atoms with E-state index in [0.717, 1.165) is 6.07 Å². The highest BCUT2D eigenvalue weighted by Gasteiger charge is 2.35. The highest BCUT2D eigenvalue weighted by Crippen LogP contribution is 2.39. The third-order valence-electron chi connectivity index (χ3n) is 3.15. The van der Waals surface area contributed by atoms with Gasteiger partial charge in [-0.05, 0) is 12.1 Å². The standard InChI is InChI=1S/C13H9Cl2F3N4O4S2/c1-27(23,24)22(28(2,25)26)11-5-8(6-19)20-21(11)12-9(14)3-7(4-10(12)15)13(16,17)18/h3-5H,1-2H3. The topological polar surface area (TPSA) is 113 Å². The zero-order valence-corrected chi connectivity index (χ0v) is 17.0.